The van der Waals surface area contributed by atoms with Gasteiger partial charge in [0.15, 0.2) is 5.82 Å². The summed E-state index contributed by atoms with van der Waals surface area (Å²) < 4.78 is 13.5. The average molecular weight is 302 g/mol. The Morgan fingerprint density at radius 3 is 2.55 bits per heavy atom. The Morgan fingerprint density at radius 1 is 1.14 bits per heavy atom. The molecule has 0 atom stereocenters. The van der Waals surface area contributed by atoms with Gasteiger partial charge >= 0.3 is 0 Å². The van der Waals surface area contributed by atoms with Crippen LogP contribution in [0.5, 0.6) is 0 Å². The molecule has 2 N–H and O–H groups in total. The summed E-state index contributed by atoms with van der Waals surface area (Å²) in [4.78, 5) is 11.4. The van der Waals surface area contributed by atoms with E-state index < -0.39 is 0 Å². The molecule has 0 radical (unpaired) electrons. The van der Waals surface area contributed by atoms with E-state index in [0.717, 1.165) is 6.42 Å². The van der Waals surface area contributed by atoms with Crippen molar-refractivity contribution in [1.29, 1.82) is 0 Å². The molecule has 1 heterocycles. The molecule has 0 spiro atoms. The van der Waals surface area contributed by atoms with E-state index >= 15 is 0 Å². The van der Waals surface area contributed by atoms with Crippen LogP contribution in [0, 0.1) is 5.82 Å². The lowest BCUT2D eigenvalue weighted by Crippen LogP contribution is -2.13. The van der Waals surface area contributed by atoms with Crippen LogP contribution in [0.2, 0.25) is 0 Å². The van der Waals surface area contributed by atoms with Gasteiger partial charge in [0.1, 0.15) is 11.6 Å². The number of anilines is 2. The number of carbonyl (C=O) groups excluding carboxylic acids is 1. The van der Waals surface area contributed by atoms with Crippen molar-refractivity contribution in [2.75, 3.05) is 17.2 Å². The van der Waals surface area contributed by atoms with Crippen molar-refractivity contribution in [3.63, 3.8) is 0 Å². The Bertz CT molecular complexity index is 616. The molecule has 116 valence electrons. The van der Waals surface area contributed by atoms with Crippen molar-refractivity contribution in [1.82, 2.24) is 10.2 Å². The number of halogens is 1. The SMILES string of the molecule is CCCC(=O)Nc1ccc(NCCc2ccccc2F)nn1. The van der Waals surface area contributed by atoms with Gasteiger partial charge in [-0.25, -0.2) is 4.39 Å². The summed E-state index contributed by atoms with van der Waals surface area (Å²) in [6, 6.07) is 10.1. The summed E-state index contributed by atoms with van der Waals surface area (Å²) in [7, 11) is 0. The highest BCUT2D eigenvalue weighted by Gasteiger charge is 2.03. The quantitative estimate of drug-likeness (QED) is 0.825. The molecule has 0 unspecified atom stereocenters. The molecule has 0 aliphatic carbocycles. The fourth-order valence-corrected chi connectivity index (χ4v) is 1.95. The van der Waals surface area contributed by atoms with Crippen molar-refractivity contribution >= 4 is 17.5 Å². The Morgan fingerprint density at radius 2 is 1.86 bits per heavy atom. The topological polar surface area (TPSA) is 66.9 Å². The lowest BCUT2D eigenvalue weighted by atomic mass is 10.1. The maximum Gasteiger partial charge on any atom is 0.225 e. The van der Waals surface area contributed by atoms with Crippen molar-refractivity contribution in [3.8, 4) is 0 Å². The third-order valence-electron chi connectivity index (χ3n) is 3.07. The van der Waals surface area contributed by atoms with Gasteiger partial charge in [-0.05, 0) is 36.6 Å². The Balaban J connectivity index is 1.81. The number of carbonyl (C=O) groups is 1. The van der Waals surface area contributed by atoms with Crippen LogP contribution in [0.25, 0.3) is 0 Å². The highest BCUT2D eigenvalue weighted by atomic mass is 19.1. The molecule has 6 heteroatoms. The lowest BCUT2D eigenvalue weighted by molar-refractivity contribution is -0.116. The number of hydrogen-bond donors (Lipinski definition) is 2. The van der Waals surface area contributed by atoms with Gasteiger partial charge in [0.05, 0.1) is 0 Å². The zero-order chi connectivity index (χ0) is 15.8. The molecule has 1 amide bonds. The van der Waals surface area contributed by atoms with Crippen LogP contribution in [-0.4, -0.2) is 22.6 Å². The van der Waals surface area contributed by atoms with Gasteiger partial charge in [-0.15, -0.1) is 10.2 Å². The van der Waals surface area contributed by atoms with Crippen molar-refractivity contribution < 1.29 is 9.18 Å². The predicted molar refractivity (Wildman–Crippen MR) is 84.2 cm³/mol. The largest absolute Gasteiger partial charge is 0.368 e. The van der Waals surface area contributed by atoms with E-state index in [4.69, 9.17) is 0 Å². The molecule has 0 saturated carbocycles. The first-order valence-electron chi connectivity index (χ1n) is 7.30. The number of nitrogens with zero attached hydrogens (tertiary/aromatic N) is 2. The fraction of sp³-hybridized carbons (Fsp3) is 0.312. The number of nitrogens with one attached hydrogen (secondary N) is 2. The first kappa shape index (κ1) is 15.9. The van der Waals surface area contributed by atoms with Crippen LogP contribution in [0.4, 0.5) is 16.0 Å². The zero-order valence-corrected chi connectivity index (χ0v) is 12.5. The maximum atomic E-state index is 13.5. The second-order valence-corrected chi connectivity index (χ2v) is 4.87. The fourth-order valence-electron chi connectivity index (χ4n) is 1.95. The standard InChI is InChI=1S/C16H19FN4O/c1-2-5-16(22)19-15-9-8-14(20-21-15)18-11-10-12-6-3-4-7-13(12)17/h3-4,6-9H,2,5,10-11H2,1H3,(H,18,20)(H,19,21,22). The van der Waals surface area contributed by atoms with Gasteiger partial charge in [0.25, 0.3) is 0 Å². The minimum Gasteiger partial charge on any atom is -0.368 e. The molecular formula is C16H19FN4O. The van der Waals surface area contributed by atoms with Gasteiger partial charge in [-0.2, -0.15) is 0 Å². The first-order valence-corrected chi connectivity index (χ1v) is 7.30. The molecule has 2 rings (SSSR count). The van der Waals surface area contributed by atoms with E-state index in [1.807, 2.05) is 13.0 Å². The monoisotopic (exact) mass is 302 g/mol. The third kappa shape index (κ3) is 4.80. The summed E-state index contributed by atoms with van der Waals surface area (Å²) in [6.07, 6.45) is 1.81. The van der Waals surface area contributed by atoms with E-state index in [-0.39, 0.29) is 11.7 Å². The van der Waals surface area contributed by atoms with Crippen molar-refractivity contribution in [2.45, 2.75) is 26.2 Å². The number of hydrogen-bond acceptors (Lipinski definition) is 4. The van der Waals surface area contributed by atoms with Gasteiger partial charge in [0, 0.05) is 13.0 Å². The summed E-state index contributed by atoms with van der Waals surface area (Å²) in [5, 5.41) is 13.6. The summed E-state index contributed by atoms with van der Waals surface area (Å²) in [5.74, 6) is 0.740. The molecule has 0 aliphatic heterocycles. The third-order valence-corrected chi connectivity index (χ3v) is 3.07. The van der Waals surface area contributed by atoms with E-state index in [2.05, 4.69) is 20.8 Å². The number of aromatic nitrogens is 2. The first-order chi connectivity index (χ1) is 10.7. The molecular weight excluding hydrogens is 283 g/mol. The molecule has 2 aromatic rings. The normalized spacial score (nSPS) is 10.3. The van der Waals surface area contributed by atoms with E-state index in [1.54, 1.807) is 24.3 Å². The summed E-state index contributed by atoms with van der Waals surface area (Å²) >= 11 is 0. The second kappa shape index (κ2) is 8.07. The minimum absolute atomic E-state index is 0.0722. The highest BCUT2D eigenvalue weighted by Crippen LogP contribution is 2.09. The van der Waals surface area contributed by atoms with Crippen molar-refractivity contribution in [3.05, 3.63) is 47.8 Å². The van der Waals surface area contributed by atoms with Crippen LogP contribution in [0.1, 0.15) is 25.3 Å². The predicted octanol–water partition coefficient (Wildman–Crippen LogP) is 3.01. The minimum atomic E-state index is -0.204. The van der Waals surface area contributed by atoms with E-state index in [1.165, 1.54) is 6.07 Å². The van der Waals surface area contributed by atoms with Gasteiger partial charge < -0.3 is 10.6 Å². The Labute approximate surface area is 129 Å². The van der Waals surface area contributed by atoms with Crippen molar-refractivity contribution in [2.24, 2.45) is 0 Å². The van der Waals surface area contributed by atoms with Crippen LogP contribution in [0.15, 0.2) is 36.4 Å². The molecule has 0 saturated heterocycles. The number of rotatable bonds is 7. The van der Waals surface area contributed by atoms with Crippen LogP contribution in [-0.2, 0) is 11.2 Å². The molecule has 0 fully saturated rings. The van der Waals surface area contributed by atoms with Crippen LogP contribution in [0.3, 0.4) is 0 Å². The number of amides is 1. The second-order valence-electron chi connectivity index (χ2n) is 4.87. The van der Waals surface area contributed by atoms with Gasteiger partial charge in [-0.3, -0.25) is 4.79 Å². The molecule has 0 aliphatic rings. The summed E-state index contributed by atoms with van der Waals surface area (Å²) in [5.41, 5.74) is 0.659. The molecule has 22 heavy (non-hydrogen) atoms. The van der Waals surface area contributed by atoms with E-state index in [0.29, 0.717) is 36.6 Å². The van der Waals surface area contributed by atoms with Crippen LogP contribution >= 0.6 is 0 Å². The highest BCUT2D eigenvalue weighted by molar-refractivity contribution is 5.89. The van der Waals surface area contributed by atoms with Gasteiger partial charge in [-0.1, -0.05) is 25.1 Å². The van der Waals surface area contributed by atoms with E-state index in [9.17, 15) is 9.18 Å². The molecule has 5 nitrogen and oxygen atoms in total. The molecule has 1 aromatic heterocycles. The molecule has 1 aromatic carbocycles. The smallest absolute Gasteiger partial charge is 0.225 e. The lowest BCUT2D eigenvalue weighted by Gasteiger charge is -2.07. The molecule has 0 bridgehead atoms. The Kier molecular flexibility index (Phi) is 5.82. The Hall–Kier alpha value is -2.50. The van der Waals surface area contributed by atoms with Gasteiger partial charge in [0.2, 0.25) is 5.91 Å². The zero-order valence-electron chi connectivity index (χ0n) is 12.5. The van der Waals surface area contributed by atoms with Crippen LogP contribution < -0.4 is 10.6 Å². The average Bonchev–Trinajstić information content (AvgIpc) is 2.51. The summed E-state index contributed by atoms with van der Waals surface area (Å²) in [6.45, 7) is 2.49. The maximum absolute atomic E-state index is 13.5. The number of benzene rings is 1.